The maximum atomic E-state index is 12.1. The normalized spacial score (nSPS) is 15.4. The maximum absolute atomic E-state index is 12.1. The summed E-state index contributed by atoms with van der Waals surface area (Å²) in [6.45, 7) is 4.56. The Bertz CT molecular complexity index is 410. The predicted octanol–water partition coefficient (Wildman–Crippen LogP) is 3.40. The minimum absolute atomic E-state index is 0.0997. The zero-order valence-electron chi connectivity index (χ0n) is 11.4. The first-order valence-corrected chi connectivity index (χ1v) is 7.08. The van der Waals surface area contributed by atoms with Crippen molar-refractivity contribution in [2.24, 2.45) is 0 Å². The van der Waals surface area contributed by atoms with Gasteiger partial charge in [0.25, 0.3) is 0 Å². The average Bonchev–Trinajstić information content (AvgIpc) is 2.27. The van der Waals surface area contributed by atoms with E-state index in [2.05, 4.69) is 9.46 Å². The van der Waals surface area contributed by atoms with E-state index < -0.39 is 18.0 Å². The highest BCUT2D eigenvalue weighted by Crippen LogP contribution is 2.23. The van der Waals surface area contributed by atoms with Gasteiger partial charge in [-0.25, -0.2) is 0 Å². The molecule has 0 aliphatic rings. The lowest BCUT2D eigenvalue weighted by Gasteiger charge is -2.26. The number of benzene rings is 1. The van der Waals surface area contributed by atoms with Crippen LogP contribution in [0, 0.1) is 0 Å². The van der Waals surface area contributed by atoms with E-state index in [1.807, 2.05) is 27.7 Å². The van der Waals surface area contributed by atoms with E-state index >= 15 is 0 Å². The smallest absolute Gasteiger partial charge is 0.387 e. The third-order valence-electron chi connectivity index (χ3n) is 2.42. The highest BCUT2D eigenvalue weighted by Gasteiger charge is 2.28. The molecule has 0 bridgehead atoms. The Morgan fingerprint density at radius 3 is 2.47 bits per heavy atom. The van der Waals surface area contributed by atoms with Crippen molar-refractivity contribution in [1.82, 2.24) is 4.72 Å². The summed E-state index contributed by atoms with van der Waals surface area (Å²) < 4.78 is 43.1. The summed E-state index contributed by atoms with van der Waals surface area (Å²) in [5.74, 6) is 0.0997. The number of ether oxygens (including phenoxy) is 1. The van der Waals surface area contributed by atoms with Gasteiger partial charge in [0.2, 0.25) is 0 Å². The van der Waals surface area contributed by atoms with Crippen molar-refractivity contribution in [2.45, 2.75) is 45.1 Å². The van der Waals surface area contributed by atoms with Crippen LogP contribution < -0.4 is 9.46 Å². The van der Waals surface area contributed by atoms with Gasteiger partial charge in [-0.05, 0) is 45.4 Å². The van der Waals surface area contributed by atoms with Gasteiger partial charge >= 0.3 is 6.61 Å². The number of hydrogen-bond acceptors (Lipinski definition) is 3. The van der Waals surface area contributed by atoms with Crippen LogP contribution in [0.2, 0.25) is 0 Å². The van der Waals surface area contributed by atoms with Crippen molar-refractivity contribution in [2.75, 3.05) is 0 Å². The number of rotatable bonds is 5. The maximum Gasteiger partial charge on any atom is 0.387 e. The minimum Gasteiger partial charge on any atom is -0.598 e. The highest BCUT2D eigenvalue weighted by molar-refractivity contribution is 7.90. The Morgan fingerprint density at radius 1 is 1.32 bits per heavy atom. The topological polar surface area (TPSA) is 44.3 Å². The molecule has 108 valence electrons. The number of halogens is 2. The molecule has 0 aliphatic carbocycles. The molecule has 19 heavy (non-hydrogen) atoms. The van der Waals surface area contributed by atoms with E-state index in [0.29, 0.717) is 0 Å². The predicted molar refractivity (Wildman–Crippen MR) is 72.5 cm³/mol. The molecular formula is C13H19F2NO2S. The molecule has 3 nitrogen and oxygen atoms in total. The van der Waals surface area contributed by atoms with Gasteiger partial charge in [-0.2, -0.15) is 8.78 Å². The molecule has 0 fully saturated rings. The van der Waals surface area contributed by atoms with Crippen molar-refractivity contribution in [3.63, 3.8) is 0 Å². The van der Waals surface area contributed by atoms with Gasteiger partial charge in [-0.15, -0.1) is 4.72 Å². The Kier molecular flexibility index (Phi) is 5.58. The van der Waals surface area contributed by atoms with Crippen molar-refractivity contribution in [3.8, 4) is 5.75 Å². The van der Waals surface area contributed by atoms with Crippen molar-refractivity contribution >= 4 is 11.4 Å². The molecule has 0 saturated heterocycles. The lowest BCUT2D eigenvalue weighted by molar-refractivity contribution is -0.0499. The molecule has 0 spiro atoms. The summed E-state index contributed by atoms with van der Waals surface area (Å²) in [5.41, 5.74) is 0.746. The van der Waals surface area contributed by atoms with E-state index in [-0.39, 0.29) is 16.5 Å². The average molecular weight is 291 g/mol. The minimum atomic E-state index is -2.85. The van der Waals surface area contributed by atoms with Crippen LogP contribution >= 0.6 is 0 Å². The Hall–Kier alpha value is -0.850. The molecule has 6 heteroatoms. The van der Waals surface area contributed by atoms with Gasteiger partial charge in [0, 0.05) is 11.4 Å². The third kappa shape index (κ3) is 5.34. The van der Waals surface area contributed by atoms with Crippen LogP contribution in [0.25, 0.3) is 0 Å². The second-order valence-electron chi connectivity index (χ2n) is 5.17. The molecule has 1 aromatic carbocycles. The molecule has 1 N–H and O–H groups in total. The van der Waals surface area contributed by atoms with Crippen LogP contribution in [0.4, 0.5) is 8.78 Å². The van der Waals surface area contributed by atoms with E-state index in [0.717, 1.165) is 5.56 Å². The molecule has 1 aromatic rings. The van der Waals surface area contributed by atoms with Gasteiger partial charge in [0.15, 0.2) is 0 Å². The first-order valence-electron chi connectivity index (χ1n) is 5.93. The second-order valence-corrected chi connectivity index (χ2v) is 7.17. The highest BCUT2D eigenvalue weighted by atomic mass is 32.2. The first-order chi connectivity index (χ1) is 8.70. The molecule has 2 atom stereocenters. The van der Waals surface area contributed by atoms with Crippen LogP contribution in [0.15, 0.2) is 24.3 Å². The Morgan fingerprint density at radius 2 is 1.95 bits per heavy atom. The van der Waals surface area contributed by atoms with Crippen LogP contribution in [-0.4, -0.2) is 15.9 Å². The first kappa shape index (κ1) is 16.2. The fraction of sp³-hybridized carbons (Fsp3) is 0.538. The molecule has 0 unspecified atom stereocenters. The summed E-state index contributed by atoms with van der Waals surface area (Å²) in [5, 5.41) is 0. The summed E-state index contributed by atoms with van der Waals surface area (Å²) in [6.07, 6.45) is 0. The quantitative estimate of drug-likeness (QED) is 0.846. The van der Waals surface area contributed by atoms with Crippen molar-refractivity contribution < 1.29 is 18.1 Å². The van der Waals surface area contributed by atoms with E-state index in [1.165, 1.54) is 12.1 Å². The molecule has 1 rings (SSSR count). The van der Waals surface area contributed by atoms with E-state index in [4.69, 9.17) is 0 Å². The zero-order chi connectivity index (χ0) is 14.6. The standard InChI is InChI=1S/C13H19F2NO2S/c1-9(16-19(17)13(2,3)4)10-6-5-7-11(8-10)18-12(14)15/h5-9,12,16H,1-4H3/t9-,19-/m0/s1. The van der Waals surface area contributed by atoms with Gasteiger partial charge in [-0.3, -0.25) is 0 Å². The fourth-order valence-electron chi connectivity index (χ4n) is 1.37. The lowest BCUT2D eigenvalue weighted by atomic mass is 10.1. The lowest BCUT2D eigenvalue weighted by Crippen LogP contribution is -2.40. The SMILES string of the molecule is C[C@H](N[S@@+]([O-])C(C)(C)C)c1cccc(OC(F)F)c1. The molecule has 0 saturated carbocycles. The second kappa shape index (κ2) is 6.54. The zero-order valence-corrected chi connectivity index (χ0v) is 12.3. The van der Waals surface area contributed by atoms with Gasteiger partial charge in [0.1, 0.15) is 10.5 Å². The Balaban J connectivity index is 2.74. The van der Waals surface area contributed by atoms with Crippen LogP contribution in [0.5, 0.6) is 5.75 Å². The van der Waals surface area contributed by atoms with Crippen LogP contribution in [0.3, 0.4) is 0 Å². The van der Waals surface area contributed by atoms with Gasteiger partial charge in [-0.1, -0.05) is 12.1 Å². The summed E-state index contributed by atoms with van der Waals surface area (Å²) in [4.78, 5) is 0. The molecule has 0 radical (unpaired) electrons. The number of alkyl halides is 2. The largest absolute Gasteiger partial charge is 0.598 e. The molecule has 0 aromatic heterocycles. The Labute approximate surface area is 115 Å². The molecule has 0 heterocycles. The summed E-state index contributed by atoms with van der Waals surface area (Å²) >= 11 is -1.22. The van der Waals surface area contributed by atoms with Crippen molar-refractivity contribution in [3.05, 3.63) is 29.8 Å². The van der Waals surface area contributed by atoms with Crippen LogP contribution in [0.1, 0.15) is 39.3 Å². The van der Waals surface area contributed by atoms with Crippen molar-refractivity contribution in [1.29, 1.82) is 0 Å². The van der Waals surface area contributed by atoms with Crippen LogP contribution in [-0.2, 0) is 11.4 Å². The van der Waals surface area contributed by atoms with Gasteiger partial charge < -0.3 is 9.29 Å². The summed E-state index contributed by atoms with van der Waals surface area (Å²) in [7, 11) is 0. The van der Waals surface area contributed by atoms with E-state index in [9.17, 15) is 13.3 Å². The molecule has 0 amide bonds. The van der Waals surface area contributed by atoms with E-state index in [1.54, 1.807) is 12.1 Å². The number of hydrogen-bond donors (Lipinski definition) is 1. The fourth-order valence-corrected chi connectivity index (χ4v) is 2.18. The summed E-state index contributed by atoms with van der Waals surface area (Å²) in [6, 6.07) is 6.16. The number of nitrogens with one attached hydrogen (secondary N) is 1. The van der Waals surface area contributed by atoms with Gasteiger partial charge in [0.05, 0.1) is 6.04 Å². The molecule has 0 aliphatic heterocycles. The monoisotopic (exact) mass is 291 g/mol. The molecular weight excluding hydrogens is 272 g/mol. The third-order valence-corrected chi connectivity index (χ3v) is 4.10.